The minimum atomic E-state index is 0.242. The molecule has 148 valence electrons. The van der Waals surface area contributed by atoms with Gasteiger partial charge in [0.2, 0.25) is 11.9 Å². The molecule has 2 aliphatic heterocycles. The molecule has 0 aliphatic carbocycles. The largest absolute Gasteiger partial charge is 0.356 e. The fourth-order valence-corrected chi connectivity index (χ4v) is 4.00. The molecule has 28 heavy (non-hydrogen) atoms. The highest BCUT2D eigenvalue weighted by Crippen LogP contribution is 2.22. The summed E-state index contributed by atoms with van der Waals surface area (Å²) in [6.45, 7) is 7.27. The molecule has 6 nitrogen and oxygen atoms in total. The number of nitrogens with zero attached hydrogens (tertiary/aromatic N) is 5. The maximum atomic E-state index is 12.6. The molecule has 4 rings (SSSR count). The van der Waals surface area contributed by atoms with Crippen molar-refractivity contribution in [2.75, 3.05) is 49.1 Å². The number of hydrogen-bond donors (Lipinski definition) is 0. The summed E-state index contributed by atoms with van der Waals surface area (Å²) in [6.07, 6.45) is 3.86. The van der Waals surface area contributed by atoms with E-state index in [1.54, 1.807) is 0 Å². The molecule has 2 aliphatic rings. The minimum Gasteiger partial charge on any atom is -0.356 e. The summed E-state index contributed by atoms with van der Waals surface area (Å²) in [6, 6.07) is 12.3. The van der Waals surface area contributed by atoms with Crippen molar-refractivity contribution in [1.82, 2.24) is 14.9 Å². The van der Waals surface area contributed by atoms with Crippen LogP contribution in [0.1, 0.15) is 30.5 Å². The highest BCUT2D eigenvalue weighted by atomic mass is 16.2. The van der Waals surface area contributed by atoms with E-state index in [1.807, 2.05) is 30.0 Å². The lowest BCUT2D eigenvalue weighted by Crippen LogP contribution is -2.49. The molecule has 0 atom stereocenters. The Morgan fingerprint density at radius 2 is 1.64 bits per heavy atom. The van der Waals surface area contributed by atoms with Crippen LogP contribution in [0.15, 0.2) is 36.4 Å². The van der Waals surface area contributed by atoms with Crippen LogP contribution in [0.2, 0.25) is 0 Å². The van der Waals surface area contributed by atoms with Gasteiger partial charge in [0.15, 0.2) is 0 Å². The SMILES string of the molecule is Cc1cc(N2CCCC2)nc(N2CCN(C(=O)CCc3ccccc3)CC2)n1. The molecule has 2 aromatic rings. The molecule has 1 amide bonds. The molecule has 0 unspecified atom stereocenters. The molecular formula is C22H29N5O. The van der Waals surface area contributed by atoms with Crippen LogP contribution in [0, 0.1) is 6.92 Å². The smallest absolute Gasteiger partial charge is 0.227 e. The first-order chi connectivity index (χ1) is 13.7. The number of anilines is 2. The Morgan fingerprint density at radius 1 is 0.929 bits per heavy atom. The van der Waals surface area contributed by atoms with Crippen LogP contribution in [-0.4, -0.2) is 60.0 Å². The number of carbonyl (C=O) groups excluding carboxylic acids is 1. The maximum absolute atomic E-state index is 12.6. The number of benzene rings is 1. The number of piperazine rings is 1. The normalized spacial score (nSPS) is 17.2. The van der Waals surface area contributed by atoms with Crippen LogP contribution in [0.4, 0.5) is 11.8 Å². The molecule has 0 radical (unpaired) electrons. The number of amides is 1. The van der Waals surface area contributed by atoms with Crippen molar-refractivity contribution < 1.29 is 4.79 Å². The van der Waals surface area contributed by atoms with E-state index in [1.165, 1.54) is 18.4 Å². The van der Waals surface area contributed by atoms with Crippen molar-refractivity contribution in [3.05, 3.63) is 47.7 Å². The van der Waals surface area contributed by atoms with Gasteiger partial charge in [-0.1, -0.05) is 30.3 Å². The molecular weight excluding hydrogens is 350 g/mol. The highest BCUT2D eigenvalue weighted by molar-refractivity contribution is 5.76. The van der Waals surface area contributed by atoms with E-state index in [9.17, 15) is 4.79 Å². The summed E-state index contributed by atoms with van der Waals surface area (Å²) in [7, 11) is 0. The van der Waals surface area contributed by atoms with Gasteiger partial charge in [-0.05, 0) is 31.7 Å². The number of aromatic nitrogens is 2. The summed E-state index contributed by atoms with van der Waals surface area (Å²) in [5.41, 5.74) is 2.23. The topological polar surface area (TPSA) is 52.6 Å². The van der Waals surface area contributed by atoms with Crippen LogP contribution < -0.4 is 9.80 Å². The molecule has 2 fully saturated rings. The Kier molecular flexibility index (Phi) is 5.74. The fourth-order valence-electron chi connectivity index (χ4n) is 4.00. The molecule has 3 heterocycles. The summed E-state index contributed by atoms with van der Waals surface area (Å²) >= 11 is 0. The Hall–Kier alpha value is -2.63. The first-order valence-electron chi connectivity index (χ1n) is 10.4. The number of aryl methyl sites for hydroxylation is 2. The predicted octanol–water partition coefficient (Wildman–Crippen LogP) is 2.67. The Morgan fingerprint density at radius 3 is 2.36 bits per heavy atom. The molecule has 6 heteroatoms. The molecule has 0 bridgehead atoms. The van der Waals surface area contributed by atoms with Crippen molar-refractivity contribution in [3.8, 4) is 0 Å². The van der Waals surface area contributed by atoms with Crippen LogP contribution in [0.5, 0.6) is 0 Å². The van der Waals surface area contributed by atoms with Gasteiger partial charge in [-0.3, -0.25) is 4.79 Å². The minimum absolute atomic E-state index is 0.242. The second kappa shape index (κ2) is 8.59. The van der Waals surface area contributed by atoms with Gasteiger partial charge in [0.25, 0.3) is 0 Å². The van der Waals surface area contributed by atoms with Crippen LogP contribution >= 0.6 is 0 Å². The second-order valence-corrected chi connectivity index (χ2v) is 7.72. The Balaban J connectivity index is 1.33. The van der Waals surface area contributed by atoms with E-state index in [2.05, 4.69) is 33.0 Å². The maximum Gasteiger partial charge on any atom is 0.227 e. The third kappa shape index (κ3) is 4.43. The summed E-state index contributed by atoms with van der Waals surface area (Å²) in [4.78, 5) is 28.6. The van der Waals surface area contributed by atoms with Crippen molar-refractivity contribution in [1.29, 1.82) is 0 Å². The van der Waals surface area contributed by atoms with Crippen LogP contribution in [0.25, 0.3) is 0 Å². The standard InChI is InChI=1S/C22H29N5O/c1-18-17-20(25-11-5-6-12-25)24-22(23-18)27-15-13-26(14-16-27)21(28)10-9-19-7-3-2-4-8-19/h2-4,7-8,17H,5-6,9-16H2,1H3. The van der Waals surface area contributed by atoms with Gasteiger partial charge in [0.05, 0.1) is 0 Å². The summed E-state index contributed by atoms with van der Waals surface area (Å²) in [5, 5.41) is 0. The lowest BCUT2D eigenvalue weighted by molar-refractivity contribution is -0.131. The zero-order chi connectivity index (χ0) is 19.3. The number of hydrogen-bond acceptors (Lipinski definition) is 5. The zero-order valence-corrected chi connectivity index (χ0v) is 16.7. The second-order valence-electron chi connectivity index (χ2n) is 7.72. The van der Waals surface area contributed by atoms with Gasteiger partial charge in [-0.2, -0.15) is 4.98 Å². The third-order valence-electron chi connectivity index (χ3n) is 5.64. The molecule has 0 spiro atoms. The van der Waals surface area contributed by atoms with E-state index in [0.29, 0.717) is 6.42 Å². The first-order valence-corrected chi connectivity index (χ1v) is 10.4. The van der Waals surface area contributed by atoms with Crippen molar-refractivity contribution in [2.24, 2.45) is 0 Å². The molecule has 1 aromatic carbocycles. The predicted molar refractivity (Wildman–Crippen MR) is 112 cm³/mol. The van der Waals surface area contributed by atoms with Crippen molar-refractivity contribution >= 4 is 17.7 Å². The quantitative estimate of drug-likeness (QED) is 0.799. The molecule has 1 aromatic heterocycles. The van der Waals surface area contributed by atoms with Gasteiger partial charge < -0.3 is 14.7 Å². The molecule has 0 N–H and O–H groups in total. The van der Waals surface area contributed by atoms with E-state index in [0.717, 1.165) is 63.1 Å². The van der Waals surface area contributed by atoms with Gasteiger partial charge in [-0.15, -0.1) is 0 Å². The number of carbonyl (C=O) groups is 1. The van der Waals surface area contributed by atoms with Crippen molar-refractivity contribution in [3.63, 3.8) is 0 Å². The van der Waals surface area contributed by atoms with Gasteiger partial charge >= 0.3 is 0 Å². The van der Waals surface area contributed by atoms with Gasteiger partial charge in [0.1, 0.15) is 5.82 Å². The van der Waals surface area contributed by atoms with E-state index in [4.69, 9.17) is 4.98 Å². The molecule has 0 saturated carbocycles. The number of rotatable bonds is 5. The van der Waals surface area contributed by atoms with Gasteiger partial charge in [-0.25, -0.2) is 4.98 Å². The van der Waals surface area contributed by atoms with Gasteiger partial charge in [0, 0.05) is 57.4 Å². The summed E-state index contributed by atoms with van der Waals surface area (Å²) < 4.78 is 0. The summed E-state index contributed by atoms with van der Waals surface area (Å²) in [5.74, 6) is 2.09. The molecule has 2 saturated heterocycles. The fraction of sp³-hybridized carbons (Fsp3) is 0.500. The third-order valence-corrected chi connectivity index (χ3v) is 5.64. The Bertz CT molecular complexity index is 796. The van der Waals surface area contributed by atoms with E-state index >= 15 is 0 Å². The van der Waals surface area contributed by atoms with E-state index in [-0.39, 0.29) is 5.91 Å². The van der Waals surface area contributed by atoms with Crippen LogP contribution in [-0.2, 0) is 11.2 Å². The highest BCUT2D eigenvalue weighted by Gasteiger charge is 2.24. The first kappa shape index (κ1) is 18.7. The van der Waals surface area contributed by atoms with Crippen LogP contribution in [0.3, 0.4) is 0 Å². The lowest BCUT2D eigenvalue weighted by Gasteiger charge is -2.35. The average Bonchev–Trinajstić information content (AvgIpc) is 3.27. The zero-order valence-electron chi connectivity index (χ0n) is 16.7. The van der Waals surface area contributed by atoms with E-state index < -0.39 is 0 Å². The Labute approximate surface area is 167 Å². The average molecular weight is 380 g/mol. The lowest BCUT2D eigenvalue weighted by atomic mass is 10.1. The monoisotopic (exact) mass is 379 g/mol. The van der Waals surface area contributed by atoms with Crippen molar-refractivity contribution in [2.45, 2.75) is 32.6 Å².